The van der Waals surface area contributed by atoms with E-state index in [9.17, 15) is 9.59 Å². The summed E-state index contributed by atoms with van der Waals surface area (Å²) in [5, 5.41) is 7.09. The van der Waals surface area contributed by atoms with Crippen molar-refractivity contribution in [3.63, 3.8) is 0 Å². The molecule has 0 radical (unpaired) electrons. The number of carbonyl (C=O) groups is 2. The van der Waals surface area contributed by atoms with E-state index in [0.717, 1.165) is 45.4 Å². The van der Waals surface area contributed by atoms with E-state index >= 15 is 0 Å². The maximum Gasteiger partial charge on any atom is 0.239 e. The molecule has 2 amide bonds. The van der Waals surface area contributed by atoms with E-state index in [1.54, 1.807) is 16.9 Å². The molecule has 2 aliphatic rings. The Bertz CT molecular complexity index is 660. The normalized spacial score (nSPS) is 19.6. The molecule has 1 N–H and O–H groups in total. The minimum atomic E-state index is -0.106. The summed E-state index contributed by atoms with van der Waals surface area (Å²) < 4.78 is 1.80. The Morgan fingerprint density at radius 3 is 2.76 bits per heavy atom. The van der Waals surface area contributed by atoms with Crippen LogP contribution < -0.4 is 5.32 Å². The highest BCUT2D eigenvalue weighted by atomic mass is 16.2. The quantitative estimate of drug-likeness (QED) is 0.821. The van der Waals surface area contributed by atoms with Gasteiger partial charge in [0.15, 0.2) is 0 Å². The van der Waals surface area contributed by atoms with Crippen LogP contribution in [0.3, 0.4) is 0 Å². The van der Waals surface area contributed by atoms with Gasteiger partial charge in [0.1, 0.15) is 5.82 Å². The zero-order chi connectivity index (χ0) is 17.8. The average molecular weight is 345 g/mol. The van der Waals surface area contributed by atoms with Gasteiger partial charge < -0.3 is 10.2 Å². The van der Waals surface area contributed by atoms with Crippen LogP contribution in [0.2, 0.25) is 0 Å². The number of hydrogen-bond acceptors (Lipinski definition) is 4. The summed E-state index contributed by atoms with van der Waals surface area (Å²) >= 11 is 0. The lowest BCUT2D eigenvalue weighted by Gasteiger charge is -2.34. The number of rotatable bonds is 5. The number of nitrogens with one attached hydrogen (secondary N) is 1. The number of amides is 2. The number of nitrogens with zero attached hydrogens (tertiary/aromatic N) is 4. The summed E-state index contributed by atoms with van der Waals surface area (Å²) in [5.41, 5.74) is 1.22. The zero-order valence-corrected chi connectivity index (χ0v) is 15.1. The second-order valence-corrected chi connectivity index (χ2v) is 6.89. The van der Waals surface area contributed by atoms with Crippen molar-refractivity contribution >= 4 is 17.6 Å². The number of likely N-dealkylation sites (tertiary alicyclic amines) is 1. The summed E-state index contributed by atoms with van der Waals surface area (Å²) in [6.07, 6.45) is 7.09. The Balaban J connectivity index is 1.61. The average Bonchev–Trinajstić information content (AvgIpc) is 3.26. The monoisotopic (exact) mass is 345 g/mol. The molecule has 7 nitrogen and oxygen atoms in total. The molecule has 1 aromatic heterocycles. The molecule has 3 heterocycles. The van der Waals surface area contributed by atoms with Crippen molar-refractivity contribution in [1.82, 2.24) is 19.6 Å². The molecule has 1 atom stereocenters. The maximum atomic E-state index is 12.6. The number of hydrogen-bond donors (Lipinski definition) is 1. The van der Waals surface area contributed by atoms with E-state index in [4.69, 9.17) is 0 Å². The fourth-order valence-corrected chi connectivity index (χ4v) is 3.58. The maximum absolute atomic E-state index is 12.6. The molecule has 0 bridgehead atoms. The zero-order valence-electron chi connectivity index (χ0n) is 15.1. The molecule has 0 aromatic carbocycles. The third-order valence-electron chi connectivity index (χ3n) is 4.95. The van der Waals surface area contributed by atoms with E-state index in [1.165, 1.54) is 12.5 Å². The first kappa shape index (κ1) is 17.7. The Morgan fingerprint density at radius 2 is 2.04 bits per heavy atom. The van der Waals surface area contributed by atoms with Gasteiger partial charge in [-0.15, -0.1) is 0 Å². The topological polar surface area (TPSA) is 70.5 Å². The van der Waals surface area contributed by atoms with Gasteiger partial charge in [-0.05, 0) is 31.8 Å². The van der Waals surface area contributed by atoms with Crippen molar-refractivity contribution in [3.8, 4) is 0 Å². The molecule has 136 valence electrons. The summed E-state index contributed by atoms with van der Waals surface area (Å²) in [5.74, 6) is 0.842. The van der Waals surface area contributed by atoms with E-state index in [1.807, 2.05) is 11.8 Å². The standard InChI is InChI=1S/C18H27N5O2/c1-14(18(25)21-9-3-4-10-21)22-11-5-6-16(12-22)13-23-17(7-8-19-23)20-15(2)24/h6-8,14H,3-5,9-13H2,1-2H3,(H,20,24)/t14-/m0/s1. The van der Waals surface area contributed by atoms with Gasteiger partial charge in [0.05, 0.1) is 18.8 Å². The van der Waals surface area contributed by atoms with Crippen molar-refractivity contribution in [2.75, 3.05) is 31.5 Å². The molecular formula is C18H27N5O2. The third-order valence-corrected chi connectivity index (χ3v) is 4.95. The van der Waals surface area contributed by atoms with Gasteiger partial charge in [0, 0.05) is 39.2 Å². The Hall–Kier alpha value is -2.15. The first-order valence-corrected chi connectivity index (χ1v) is 9.05. The van der Waals surface area contributed by atoms with Crippen LogP contribution in [-0.4, -0.2) is 63.6 Å². The van der Waals surface area contributed by atoms with Crippen molar-refractivity contribution < 1.29 is 9.59 Å². The van der Waals surface area contributed by atoms with Crippen LogP contribution in [0.25, 0.3) is 0 Å². The predicted molar refractivity (Wildman–Crippen MR) is 96.1 cm³/mol. The lowest BCUT2D eigenvalue weighted by molar-refractivity contribution is -0.135. The van der Waals surface area contributed by atoms with Crippen LogP contribution in [0.15, 0.2) is 23.9 Å². The second-order valence-electron chi connectivity index (χ2n) is 6.89. The van der Waals surface area contributed by atoms with E-state index in [0.29, 0.717) is 12.4 Å². The van der Waals surface area contributed by atoms with Crippen molar-refractivity contribution in [2.24, 2.45) is 0 Å². The van der Waals surface area contributed by atoms with Crippen LogP contribution in [0.1, 0.15) is 33.1 Å². The molecule has 1 fully saturated rings. The van der Waals surface area contributed by atoms with Gasteiger partial charge in [-0.3, -0.25) is 14.5 Å². The Kier molecular flexibility index (Phi) is 5.53. The Morgan fingerprint density at radius 1 is 1.28 bits per heavy atom. The van der Waals surface area contributed by atoms with Gasteiger partial charge in [0.25, 0.3) is 0 Å². The van der Waals surface area contributed by atoms with E-state index in [-0.39, 0.29) is 17.9 Å². The highest BCUT2D eigenvalue weighted by molar-refractivity contribution is 5.87. The fourth-order valence-electron chi connectivity index (χ4n) is 3.58. The molecule has 1 aromatic rings. The van der Waals surface area contributed by atoms with Gasteiger partial charge in [-0.25, -0.2) is 4.68 Å². The fraction of sp³-hybridized carbons (Fsp3) is 0.611. The van der Waals surface area contributed by atoms with E-state index < -0.39 is 0 Å². The minimum Gasteiger partial charge on any atom is -0.341 e. The SMILES string of the molecule is CC(=O)Nc1ccnn1CC1=CCCN([C@@H](C)C(=O)N2CCCC2)C1. The molecule has 0 saturated carbocycles. The molecule has 25 heavy (non-hydrogen) atoms. The summed E-state index contributed by atoms with van der Waals surface area (Å²) in [6, 6.07) is 1.71. The Labute approximate surface area is 148 Å². The van der Waals surface area contributed by atoms with Crippen LogP contribution in [-0.2, 0) is 16.1 Å². The van der Waals surface area contributed by atoms with Crippen molar-refractivity contribution in [1.29, 1.82) is 0 Å². The van der Waals surface area contributed by atoms with Gasteiger partial charge in [0.2, 0.25) is 11.8 Å². The number of aromatic nitrogens is 2. The van der Waals surface area contributed by atoms with Gasteiger partial charge in [-0.1, -0.05) is 6.08 Å². The molecule has 0 aliphatic carbocycles. The van der Waals surface area contributed by atoms with Gasteiger partial charge >= 0.3 is 0 Å². The molecule has 1 saturated heterocycles. The lowest BCUT2D eigenvalue weighted by atomic mass is 10.1. The first-order valence-electron chi connectivity index (χ1n) is 9.05. The predicted octanol–water partition coefficient (Wildman–Crippen LogP) is 1.48. The van der Waals surface area contributed by atoms with Crippen LogP contribution in [0.5, 0.6) is 0 Å². The summed E-state index contributed by atoms with van der Waals surface area (Å²) in [6.45, 7) is 7.59. The second kappa shape index (κ2) is 7.82. The third kappa shape index (κ3) is 4.28. The lowest BCUT2D eigenvalue weighted by Crippen LogP contribution is -2.48. The first-order chi connectivity index (χ1) is 12.0. The largest absolute Gasteiger partial charge is 0.341 e. The molecule has 2 aliphatic heterocycles. The van der Waals surface area contributed by atoms with Crippen LogP contribution >= 0.6 is 0 Å². The molecule has 3 rings (SSSR count). The molecule has 7 heteroatoms. The van der Waals surface area contributed by atoms with Crippen LogP contribution in [0.4, 0.5) is 5.82 Å². The summed E-state index contributed by atoms with van der Waals surface area (Å²) in [4.78, 5) is 28.2. The molecular weight excluding hydrogens is 318 g/mol. The van der Waals surface area contributed by atoms with E-state index in [2.05, 4.69) is 21.4 Å². The number of carbonyl (C=O) groups excluding carboxylic acids is 2. The number of anilines is 1. The highest BCUT2D eigenvalue weighted by Crippen LogP contribution is 2.19. The minimum absolute atomic E-state index is 0.0887. The van der Waals surface area contributed by atoms with Crippen molar-refractivity contribution in [3.05, 3.63) is 23.9 Å². The smallest absolute Gasteiger partial charge is 0.239 e. The van der Waals surface area contributed by atoms with Crippen molar-refractivity contribution in [2.45, 2.75) is 45.7 Å². The highest BCUT2D eigenvalue weighted by Gasteiger charge is 2.29. The molecule has 0 spiro atoms. The van der Waals surface area contributed by atoms with Crippen LogP contribution in [0, 0.1) is 0 Å². The van der Waals surface area contributed by atoms with Gasteiger partial charge in [-0.2, -0.15) is 5.10 Å². The molecule has 0 unspecified atom stereocenters. The summed E-state index contributed by atoms with van der Waals surface area (Å²) in [7, 11) is 0.